The van der Waals surface area contributed by atoms with Crippen LogP contribution in [0, 0.1) is 11.8 Å². The van der Waals surface area contributed by atoms with Crippen molar-refractivity contribution in [1.82, 2.24) is 19.7 Å². The quantitative estimate of drug-likeness (QED) is 0.943. The van der Waals surface area contributed by atoms with Crippen LogP contribution in [0.25, 0.3) is 11.4 Å². The summed E-state index contributed by atoms with van der Waals surface area (Å²) in [6.07, 6.45) is 1.97. The van der Waals surface area contributed by atoms with E-state index < -0.39 is 0 Å². The van der Waals surface area contributed by atoms with E-state index in [-0.39, 0.29) is 0 Å². The maximum Gasteiger partial charge on any atom is 0.109 e. The smallest absolute Gasteiger partial charge is 0.109 e. The Morgan fingerprint density at radius 1 is 1.26 bits per heavy atom. The van der Waals surface area contributed by atoms with E-state index in [1.165, 1.54) is 18.8 Å². The van der Waals surface area contributed by atoms with Crippen LogP contribution in [0.1, 0.15) is 31.5 Å². The van der Waals surface area contributed by atoms with Gasteiger partial charge in [0.2, 0.25) is 0 Å². The number of rotatable bonds is 4. The van der Waals surface area contributed by atoms with Crippen LogP contribution >= 0.6 is 0 Å². The van der Waals surface area contributed by atoms with E-state index in [1.807, 2.05) is 12.3 Å². The summed E-state index contributed by atoms with van der Waals surface area (Å²) in [6, 6.07) is 7.54. The third-order valence-corrected chi connectivity index (χ3v) is 5.83. The van der Waals surface area contributed by atoms with Crippen LogP contribution in [-0.2, 0) is 4.74 Å². The van der Waals surface area contributed by atoms with Gasteiger partial charge < -0.3 is 9.72 Å². The van der Waals surface area contributed by atoms with Gasteiger partial charge in [-0.05, 0) is 43.9 Å². The third-order valence-electron chi connectivity index (χ3n) is 5.83. The number of ether oxygens (including phenoxy) is 1. The number of H-pyrrole nitrogens is 1. The molecule has 2 aliphatic heterocycles. The van der Waals surface area contributed by atoms with E-state index in [9.17, 15) is 0 Å². The lowest BCUT2D eigenvalue weighted by molar-refractivity contribution is -0.0610. The fourth-order valence-corrected chi connectivity index (χ4v) is 4.42. The lowest BCUT2D eigenvalue weighted by Gasteiger charge is -2.35. The Kier molecular flexibility index (Phi) is 2.97. The van der Waals surface area contributed by atoms with Crippen molar-refractivity contribution in [3.05, 3.63) is 30.1 Å². The topological polar surface area (TPSA) is 46.1 Å². The van der Waals surface area contributed by atoms with E-state index in [4.69, 9.17) is 9.84 Å². The fraction of sp³-hybridized carbons (Fsp3) is 0.611. The summed E-state index contributed by atoms with van der Waals surface area (Å²) in [7, 11) is 0. The van der Waals surface area contributed by atoms with E-state index in [0.717, 1.165) is 36.4 Å². The lowest BCUT2D eigenvalue weighted by atomic mass is 10.1. The predicted octanol–water partition coefficient (Wildman–Crippen LogP) is 2.50. The number of aromatic amines is 1. The van der Waals surface area contributed by atoms with Gasteiger partial charge in [-0.15, -0.1) is 0 Å². The Morgan fingerprint density at radius 3 is 2.61 bits per heavy atom. The van der Waals surface area contributed by atoms with Gasteiger partial charge in [-0.25, -0.2) is 0 Å². The van der Waals surface area contributed by atoms with Gasteiger partial charge in [-0.2, -0.15) is 5.10 Å². The predicted molar refractivity (Wildman–Crippen MR) is 88.3 cm³/mol. The molecular weight excluding hydrogens is 288 g/mol. The van der Waals surface area contributed by atoms with Crippen LogP contribution < -0.4 is 0 Å². The monoisotopic (exact) mass is 312 g/mol. The molecular formula is C18H24N4O. The Morgan fingerprint density at radius 2 is 2.04 bits per heavy atom. The summed E-state index contributed by atoms with van der Waals surface area (Å²) in [5.74, 6) is 2.34. The Bertz CT molecular complexity index is 689. The molecule has 0 aromatic carbocycles. The number of piperidine rings is 1. The molecule has 5 nitrogen and oxygen atoms in total. The molecule has 2 aromatic heterocycles. The maximum absolute atomic E-state index is 5.34. The number of likely N-dealkylation sites (tertiary alicyclic amines) is 1. The third kappa shape index (κ3) is 2.10. The standard InChI is InChI=1S/C18H24N4O/c1-11(2)22-17(6-16(20-22)15-4-3-5-19-15)18-13-7-21(8-14(13)18)12-9-23-10-12/h3-6,11-14,18-19H,7-10H2,1-2H3/t13-,14+,18?. The van der Waals surface area contributed by atoms with Crippen molar-refractivity contribution in [2.45, 2.75) is 31.8 Å². The highest BCUT2D eigenvalue weighted by Gasteiger charge is 2.58. The molecule has 3 aliphatic rings. The number of hydrogen-bond acceptors (Lipinski definition) is 3. The van der Waals surface area contributed by atoms with Gasteiger partial charge in [-0.3, -0.25) is 9.58 Å². The first kappa shape index (κ1) is 13.8. The Hall–Kier alpha value is -1.59. The molecule has 2 saturated heterocycles. The minimum Gasteiger partial charge on any atom is -0.378 e. The molecule has 4 heterocycles. The molecule has 5 rings (SSSR count). The van der Waals surface area contributed by atoms with Crippen LogP contribution in [0.5, 0.6) is 0 Å². The average molecular weight is 312 g/mol. The van der Waals surface area contributed by atoms with Crippen LogP contribution in [0.3, 0.4) is 0 Å². The lowest BCUT2D eigenvalue weighted by Crippen LogP contribution is -2.48. The first-order valence-corrected chi connectivity index (χ1v) is 8.77. The van der Waals surface area contributed by atoms with Crippen molar-refractivity contribution in [3.8, 4) is 11.4 Å². The normalized spacial score (nSPS) is 30.7. The number of fused-ring (bicyclic) bond motifs is 1. The summed E-state index contributed by atoms with van der Waals surface area (Å²) in [5.41, 5.74) is 3.63. The molecule has 1 aliphatic carbocycles. The molecule has 0 amide bonds. The summed E-state index contributed by atoms with van der Waals surface area (Å²) < 4.78 is 7.59. The largest absolute Gasteiger partial charge is 0.378 e. The minimum atomic E-state index is 0.408. The molecule has 2 aromatic rings. The zero-order chi connectivity index (χ0) is 15.6. The van der Waals surface area contributed by atoms with Gasteiger partial charge in [0, 0.05) is 36.9 Å². The summed E-state index contributed by atoms with van der Waals surface area (Å²) in [5, 5.41) is 4.87. The van der Waals surface area contributed by atoms with Gasteiger partial charge in [0.25, 0.3) is 0 Å². The molecule has 0 bridgehead atoms. The van der Waals surface area contributed by atoms with Gasteiger partial charge in [0.15, 0.2) is 0 Å². The highest BCUT2D eigenvalue weighted by Crippen LogP contribution is 2.59. The molecule has 122 valence electrons. The first-order valence-electron chi connectivity index (χ1n) is 8.77. The SMILES string of the molecule is CC(C)n1nc(-c2ccc[nH]2)cc1C1[C@H]2CN(C3COC3)C[C@@H]12. The second-order valence-electron chi connectivity index (χ2n) is 7.58. The fourth-order valence-electron chi connectivity index (χ4n) is 4.42. The molecule has 5 heteroatoms. The summed E-state index contributed by atoms with van der Waals surface area (Å²) >= 11 is 0. The highest BCUT2D eigenvalue weighted by molar-refractivity contribution is 5.55. The second kappa shape index (κ2) is 4.95. The number of hydrogen-bond donors (Lipinski definition) is 1. The van der Waals surface area contributed by atoms with Crippen LogP contribution in [-0.4, -0.2) is 52.0 Å². The number of aromatic nitrogens is 3. The maximum atomic E-state index is 5.34. The molecule has 1 N–H and O–H groups in total. The van der Waals surface area contributed by atoms with E-state index >= 15 is 0 Å². The summed E-state index contributed by atoms with van der Waals surface area (Å²) in [6.45, 7) is 8.81. The Labute approximate surface area is 136 Å². The van der Waals surface area contributed by atoms with Crippen molar-refractivity contribution in [2.75, 3.05) is 26.3 Å². The van der Waals surface area contributed by atoms with E-state index in [2.05, 4.69) is 40.5 Å². The number of nitrogens with zero attached hydrogens (tertiary/aromatic N) is 3. The zero-order valence-electron chi connectivity index (χ0n) is 13.8. The first-order chi connectivity index (χ1) is 11.2. The Balaban J connectivity index is 1.39. The van der Waals surface area contributed by atoms with Crippen molar-refractivity contribution < 1.29 is 4.74 Å². The van der Waals surface area contributed by atoms with E-state index in [1.54, 1.807) is 0 Å². The van der Waals surface area contributed by atoms with Crippen LogP contribution in [0.2, 0.25) is 0 Å². The molecule has 3 fully saturated rings. The van der Waals surface area contributed by atoms with Gasteiger partial charge >= 0.3 is 0 Å². The van der Waals surface area contributed by atoms with Gasteiger partial charge in [0.05, 0.1) is 24.9 Å². The van der Waals surface area contributed by atoms with Crippen molar-refractivity contribution in [3.63, 3.8) is 0 Å². The van der Waals surface area contributed by atoms with Crippen molar-refractivity contribution in [2.24, 2.45) is 11.8 Å². The molecule has 1 saturated carbocycles. The molecule has 0 radical (unpaired) electrons. The molecule has 3 atom stereocenters. The molecule has 23 heavy (non-hydrogen) atoms. The zero-order valence-corrected chi connectivity index (χ0v) is 13.8. The second-order valence-corrected chi connectivity index (χ2v) is 7.58. The van der Waals surface area contributed by atoms with Crippen molar-refractivity contribution in [1.29, 1.82) is 0 Å². The van der Waals surface area contributed by atoms with Crippen molar-refractivity contribution >= 4 is 0 Å². The molecule has 1 unspecified atom stereocenters. The average Bonchev–Trinajstić information content (AvgIpc) is 3.00. The molecule has 0 spiro atoms. The summed E-state index contributed by atoms with van der Waals surface area (Å²) in [4.78, 5) is 5.92. The highest BCUT2D eigenvalue weighted by atomic mass is 16.5. The van der Waals surface area contributed by atoms with Gasteiger partial charge in [0.1, 0.15) is 5.69 Å². The van der Waals surface area contributed by atoms with Crippen LogP contribution in [0.4, 0.5) is 0 Å². The van der Waals surface area contributed by atoms with Crippen LogP contribution in [0.15, 0.2) is 24.4 Å². The number of nitrogens with one attached hydrogen (secondary N) is 1. The minimum absolute atomic E-state index is 0.408. The van der Waals surface area contributed by atoms with E-state index in [0.29, 0.717) is 18.0 Å². The van der Waals surface area contributed by atoms with Gasteiger partial charge in [-0.1, -0.05) is 0 Å².